The lowest BCUT2D eigenvalue weighted by Gasteiger charge is -2.46. The lowest BCUT2D eigenvalue weighted by atomic mass is 9.97. The Morgan fingerprint density at radius 3 is 2.03 bits per heavy atom. The van der Waals surface area contributed by atoms with Gasteiger partial charge in [0.2, 0.25) is 0 Å². The Kier molecular flexibility index (Phi) is 11.0. The third-order valence-electron chi connectivity index (χ3n) is 5.63. The van der Waals surface area contributed by atoms with Gasteiger partial charge in [0.15, 0.2) is 12.6 Å². The van der Waals surface area contributed by atoms with E-state index in [1.165, 1.54) is 5.32 Å². The van der Waals surface area contributed by atoms with Crippen LogP contribution in [0.15, 0.2) is 12.7 Å². The molecule has 0 aromatic carbocycles. The molecule has 2 aliphatic heterocycles. The molecule has 14 nitrogen and oxygen atoms in total. The fourth-order valence-corrected chi connectivity index (χ4v) is 3.53. The van der Waals surface area contributed by atoms with Crippen molar-refractivity contribution in [1.82, 2.24) is 5.32 Å². The molecule has 0 spiro atoms. The largest absolute Gasteiger partial charge is 0.471 e. The fraction of sp³-hybridized carbons (Fsp3) is 0.842. The van der Waals surface area contributed by atoms with E-state index in [4.69, 9.17) is 18.9 Å². The Morgan fingerprint density at radius 1 is 0.944 bits per heavy atom. The van der Waals surface area contributed by atoms with Gasteiger partial charge in [0.1, 0.15) is 48.8 Å². The molecule has 17 heteroatoms. The summed E-state index contributed by atoms with van der Waals surface area (Å²) in [4.78, 5) is 11.2. The van der Waals surface area contributed by atoms with E-state index >= 15 is 0 Å². The molecule has 2 heterocycles. The van der Waals surface area contributed by atoms with Crippen LogP contribution in [-0.4, -0.2) is 146 Å². The van der Waals surface area contributed by atoms with Crippen LogP contribution >= 0.6 is 0 Å². The minimum absolute atomic E-state index is 0.779. The first-order valence-electron chi connectivity index (χ1n) is 10.6. The number of nitrogens with one attached hydrogen (secondary N) is 1. The molecule has 0 unspecified atom stereocenters. The number of aliphatic hydroxyl groups is 8. The van der Waals surface area contributed by atoms with Gasteiger partial charge in [-0.25, -0.2) is 0 Å². The van der Waals surface area contributed by atoms with Crippen LogP contribution in [0.3, 0.4) is 0 Å². The zero-order chi connectivity index (χ0) is 27.4. The van der Waals surface area contributed by atoms with Gasteiger partial charge in [-0.1, -0.05) is 6.08 Å². The van der Waals surface area contributed by atoms with E-state index in [9.17, 15) is 58.8 Å². The molecule has 210 valence electrons. The normalized spacial score (nSPS) is 39.3. The molecule has 0 aromatic heterocycles. The van der Waals surface area contributed by atoms with Crippen molar-refractivity contribution in [2.45, 2.75) is 79.7 Å². The zero-order valence-electron chi connectivity index (χ0n) is 18.6. The highest BCUT2D eigenvalue weighted by atomic mass is 19.4. The highest BCUT2D eigenvalue weighted by molar-refractivity contribution is 5.82. The Balaban J connectivity index is 2.08. The first-order chi connectivity index (χ1) is 16.8. The summed E-state index contributed by atoms with van der Waals surface area (Å²) in [6.07, 6.45) is -23.5. The minimum Gasteiger partial charge on any atom is -0.394 e. The van der Waals surface area contributed by atoms with E-state index in [2.05, 4.69) is 6.58 Å². The number of carbonyl (C=O) groups excluding carboxylic acids is 1. The molecular formula is C19H30F3NO13. The first kappa shape index (κ1) is 30.7. The number of amides is 1. The van der Waals surface area contributed by atoms with Crippen LogP contribution in [0.1, 0.15) is 0 Å². The Hall–Kier alpha value is -1.48. The summed E-state index contributed by atoms with van der Waals surface area (Å²) in [5, 5.41) is 80.9. The van der Waals surface area contributed by atoms with Gasteiger partial charge in [0, 0.05) is 0 Å². The molecule has 2 aliphatic rings. The number of rotatable bonds is 10. The average molecular weight is 537 g/mol. The van der Waals surface area contributed by atoms with Crippen molar-refractivity contribution < 1.29 is 77.8 Å². The van der Waals surface area contributed by atoms with E-state index in [-0.39, 0.29) is 0 Å². The maximum atomic E-state index is 12.6. The predicted octanol–water partition coefficient (Wildman–Crippen LogP) is -4.78. The quantitative estimate of drug-likeness (QED) is 0.119. The first-order valence-corrected chi connectivity index (χ1v) is 10.6. The molecule has 9 N–H and O–H groups in total. The molecule has 0 aromatic rings. The molecule has 0 saturated carbocycles. The molecule has 36 heavy (non-hydrogen) atoms. The van der Waals surface area contributed by atoms with Crippen LogP contribution in [0.2, 0.25) is 0 Å². The number of hydrogen-bond donors (Lipinski definition) is 9. The van der Waals surface area contributed by atoms with Gasteiger partial charge in [-0.15, -0.1) is 6.58 Å². The molecule has 0 radical (unpaired) electrons. The Morgan fingerprint density at radius 2 is 1.50 bits per heavy atom. The molecule has 0 aliphatic carbocycles. The van der Waals surface area contributed by atoms with Crippen molar-refractivity contribution in [3.8, 4) is 0 Å². The highest BCUT2D eigenvalue weighted by Crippen LogP contribution is 2.29. The summed E-state index contributed by atoms with van der Waals surface area (Å²) in [6, 6.07) is -1.69. The van der Waals surface area contributed by atoms with E-state index in [0.717, 1.165) is 6.08 Å². The zero-order valence-corrected chi connectivity index (χ0v) is 18.6. The summed E-state index contributed by atoms with van der Waals surface area (Å²) in [5.41, 5.74) is 0. The van der Waals surface area contributed by atoms with Crippen molar-refractivity contribution in [3.05, 3.63) is 12.7 Å². The van der Waals surface area contributed by atoms with E-state index < -0.39 is 105 Å². The fourth-order valence-electron chi connectivity index (χ4n) is 3.53. The summed E-state index contributed by atoms with van der Waals surface area (Å²) in [5.74, 6) is -2.39. The predicted molar refractivity (Wildman–Crippen MR) is 107 cm³/mol. The van der Waals surface area contributed by atoms with Crippen LogP contribution in [0, 0.1) is 0 Å². The topological polar surface area (TPSA) is 228 Å². The second kappa shape index (κ2) is 12.9. The number of hydrogen-bond acceptors (Lipinski definition) is 13. The van der Waals surface area contributed by atoms with Gasteiger partial charge in [-0.05, 0) is 0 Å². The van der Waals surface area contributed by atoms with Crippen molar-refractivity contribution in [3.63, 3.8) is 0 Å². The SMILES string of the molecule is C=C[C@@H](O)[C@H](CO[C@@H]1O[C@H](CO)[C@@H](O[C@@H]2O[C@H](CO)[C@H](O)[C@H](O)[C@H]2O)[C@H](O)[C@H]1O)NC(=O)C(F)(F)F. The maximum absolute atomic E-state index is 12.6. The van der Waals surface area contributed by atoms with E-state index in [1.807, 2.05) is 0 Å². The standard InChI is InChI=1S/C19H30F3NO13/c1-2-7(26)6(23-18(32)19(20,21)22)5-33-16-14(31)12(29)15(9(4-25)35-16)36-17-13(30)11(28)10(27)8(3-24)34-17/h2,6-17,24-31H,1,3-5H2,(H,23,32)/t6-,7+,8+,9+,10-,11-,12+,13+,14+,15+,16+,17-/m0/s1. The molecule has 1 amide bonds. The van der Waals surface area contributed by atoms with Crippen LogP contribution in [0.4, 0.5) is 13.2 Å². The van der Waals surface area contributed by atoms with Crippen molar-refractivity contribution in [2.24, 2.45) is 0 Å². The summed E-state index contributed by atoms with van der Waals surface area (Å²) in [6.45, 7) is 0.682. The van der Waals surface area contributed by atoms with Gasteiger partial charge in [0.25, 0.3) is 0 Å². The van der Waals surface area contributed by atoms with Crippen LogP contribution < -0.4 is 5.32 Å². The third-order valence-corrected chi connectivity index (χ3v) is 5.63. The van der Waals surface area contributed by atoms with E-state index in [0.29, 0.717) is 0 Å². The lowest BCUT2D eigenvalue weighted by molar-refractivity contribution is -0.359. The van der Waals surface area contributed by atoms with E-state index in [1.54, 1.807) is 0 Å². The number of carbonyl (C=O) groups is 1. The highest BCUT2D eigenvalue weighted by Gasteiger charge is 2.51. The van der Waals surface area contributed by atoms with Gasteiger partial charge in [-0.3, -0.25) is 4.79 Å². The van der Waals surface area contributed by atoms with Gasteiger partial charge >= 0.3 is 12.1 Å². The molecule has 0 bridgehead atoms. The number of alkyl halides is 3. The second-order valence-electron chi connectivity index (χ2n) is 8.14. The molecule has 2 rings (SSSR count). The molecular weight excluding hydrogens is 507 g/mol. The lowest BCUT2D eigenvalue weighted by Crippen LogP contribution is -2.65. The average Bonchev–Trinajstić information content (AvgIpc) is 2.84. The van der Waals surface area contributed by atoms with Gasteiger partial charge in [0.05, 0.1) is 32.0 Å². The third kappa shape index (κ3) is 7.09. The number of ether oxygens (including phenoxy) is 4. The minimum atomic E-state index is -5.27. The Bertz CT molecular complexity index is 727. The van der Waals surface area contributed by atoms with Crippen molar-refractivity contribution in [1.29, 1.82) is 0 Å². The van der Waals surface area contributed by atoms with Crippen LogP contribution in [0.5, 0.6) is 0 Å². The van der Waals surface area contributed by atoms with Crippen molar-refractivity contribution in [2.75, 3.05) is 19.8 Å². The number of aliphatic hydroxyl groups excluding tert-OH is 8. The molecule has 2 saturated heterocycles. The summed E-state index contributed by atoms with van der Waals surface area (Å²) in [7, 11) is 0. The van der Waals surface area contributed by atoms with Gasteiger partial charge in [-0.2, -0.15) is 13.2 Å². The van der Waals surface area contributed by atoms with Crippen LogP contribution in [-0.2, 0) is 23.7 Å². The molecule has 2 fully saturated rings. The Labute approximate surface area is 202 Å². The summed E-state index contributed by atoms with van der Waals surface area (Å²) < 4.78 is 58.7. The molecule has 12 atom stereocenters. The number of halogens is 3. The monoisotopic (exact) mass is 537 g/mol. The maximum Gasteiger partial charge on any atom is 0.471 e. The van der Waals surface area contributed by atoms with Gasteiger partial charge < -0.3 is 65.1 Å². The van der Waals surface area contributed by atoms with Crippen LogP contribution in [0.25, 0.3) is 0 Å². The summed E-state index contributed by atoms with van der Waals surface area (Å²) >= 11 is 0. The van der Waals surface area contributed by atoms with Crippen molar-refractivity contribution >= 4 is 5.91 Å². The smallest absolute Gasteiger partial charge is 0.394 e. The second-order valence-corrected chi connectivity index (χ2v) is 8.14.